The van der Waals surface area contributed by atoms with Crippen molar-refractivity contribution in [3.63, 3.8) is 0 Å². The zero-order valence-electron chi connectivity index (χ0n) is 12.7. The highest BCUT2D eigenvalue weighted by Gasteiger charge is 2.38. The van der Waals surface area contributed by atoms with Crippen molar-refractivity contribution in [1.82, 2.24) is 10.3 Å². The van der Waals surface area contributed by atoms with E-state index < -0.39 is 0 Å². The van der Waals surface area contributed by atoms with Crippen LogP contribution in [0.1, 0.15) is 68.6 Å². The Bertz CT molecular complexity index is 434. The fraction of sp³-hybridized carbons (Fsp3) is 0.812. The minimum absolute atomic E-state index is 0.187. The van der Waals surface area contributed by atoms with Crippen LogP contribution < -0.4 is 5.32 Å². The van der Waals surface area contributed by atoms with Gasteiger partial charge in [0.25, 0.3) is 0 Å². The average Bonchev–Trinajstić information content (AvgIpc) is 2.86. The van der Waals surface area contributed by atoms with Crippen molar-refractivity contribution in [2.24, 2.45) is 0 Å². The molecular weight excluding hydrogens is 268 g/mol. The summed E-state index contributed by atoms with van der Waals surface area (Å²) in [6, 6.07) is 0.943. The highest BCUT2D eigenvalue weighted by Crippen LogP contribution is 2.39. The number of ether oxygens (including phenoxy) is 1. The van der Waals surface area contributed by atoms with Gasteiger partial charge in [-0.15, -0.1) is 11.3 Å². The summed E-state index contributed by atoms with van der Waals surface area (Å²) in [5.41, 5.74) is 1.32. The van der Waals surface area contributed by atoms with Gasteiger partial charge in [-0.3, -0.25) is 0 Å². The molecule has 3 rings (SSSR count). The van der Waals surface area contributed by atoms with Gasteiger partial charge in [0.1, 0.15) is 5.01 Å². The SMILES string of the molecule is Cc1csc(C(C)NC2CCOC3(CCCCC3)C2)n1. The van der Waals surface area contributed by atoms with Gasteiger partial charge in [0.05, 0.1) is 11.6 Å². The predicted molar refractivity (Wildman–Crippen MR) is 83.2 cm³/mol. The van der Waals surface area contributed by atoms with Gasteiger partial charge < -0.3 is 10.1 Å². The second-order valence-corrected chi connectivity index (χ2v) is 7.39. The van der Waals surface area contributed by atoms with Crippen LogP contribution in [0.5, 0.6) is 0 Å². The topological polar surface area (TPSA) is 34.1 Å². The van der Waals surface area contributed by atoms with Gasteiger partial charge in [0.15, 0.2) is 0 Å². The van der Waals surface area contributed by atoms with E-state index in [1.165, 1.54) is 43.5 Å². The molecule has 1 aromatic rings. The van der Waals surface area contributed by atoms with Gasteiger partial charge in [-0.2, -0.15) is 0 Å². The Hall–Kier alpha value is -0.450. The fourth-order valence-corrected chi connectivity index (χ4v) is 4.52. The van der Waals surface area contributed by atoms with E-state index in [4.69, 9.17) is 4.74 Å². The normalized spacial score (nSPS) is 27.6. The van der Waals surface area contributed by atoms with Crippen molar-refractivity contribution in [3.05, 3.63) is 16.1 Å². The van der Waals surface area contributed by atoms with Crippen LogP contribution in [0.4, 0.5) is 0 Å². The Balaban J connectivity index is 1.59. The third-order valence-corrected chi connectivity index (χ3v) is 5.90. The summed E-state index contributed by atoms with van der Waals surface area (Å²) in [5.74, 6) is 0. The minimum Gasteiger partial charge on any atom is -0.375 e. The van der Waals surface area contributed by atoms with E-state index in [-0.39, 0.29) is 5.60 Å². The number of aromatic nitrogens is 1. The maximum absolute atomic E-state index is 6.18. The van der Waals surface area contributed by atoms with Gasteiger partial charge in [-0.1, -0.05) is 19.3 Å². The van der Waals surface area contributed by atoms with Gasteiger partial charge >= 0.3 is 0 Å². The lowest BCUT2D eigenvalue weighted by atomic mass is 9.78. The van der Waals surface area contributed by atoms with E-state index in [2.05, 4.69) is 29.5 Å². The molecule has 0 radical (unpaired) electrons. The summed E-state index contributed by atoms with van der Waals surface area (Å²) in [4.78, 5) is 4.60. The van der Waals surface area contributed by atoms with Crippen LogP contribution in [-0.4, -0.2) is 23.2 Å². The lowest BCUT2D eigenvalue weighted by Gasteiger charge is -2.44. The van der Waals surface area contributed by atoms with Crippen LogP contribution >= 0.6 is 11.3 Å². The van der Waals surface area contributed by atoms with Crippen LogP contribution in [0, 0.1) is 6.92 Å². The maximum Gasteiger partial charge on any atom is 0.110 e. The molecule has 1 aromatic heterocycles. The molecule has 0 amide bonds. The Labute approximate surface area is 126 Å². The summed E-state index contributed by atoms with van der Waals surface area (Å²) in [7, 11) is 0. The second-order valence-electron chi connectivity index (χ2n) is 6.50. The molecule has 112 valence electrons. The number of rotatable bonds is 3. The molecule has 2 aliphatic rings. The number of aryl methyl sites for hydroxylation is 1. The van der Waals surface area contributed by atoms with Gasteiger partial charge in [0.2, 0.25) is 0 Å². The summed E-state index contributed by atoms with van der Waals surface area (Å²) in [5, 5.41) is 7.14. The molecule has 1 aliphatic heterocycles. The molecule has 1 saturated carbocycles. The zero-order valence-corrected chi connectivity index (χ0v) is 13.5. The van der Waals surface area contributed by atoms with E-state index >= 15 is 0 Å². The molecule has 1 spiro atoms. The van der Waals surface area contributed by atoms with E-state index in [9.17, 15) is 0 Å². The van der Waals surface area contributed by atoms with Crippen molar-refractivity contribution >= 4 is 11.3 Å². The van der Waals surface area contributed by atoms with Gasteiger partial charge in [0, 0.05) is 23.7 Å². The maximum atomic E-state index is 6.18. The van der Waals surface area contributed by atoms with Crippen LogP contribution in [0.15, 0.2) is 5.38 Å². The summed E-state index contributed by atoms with van der Waals surface area (Å²) >= 11 is 1.77. The predicted octanol–water partition coefficient (Wildman–Crippen LogP) is 3.98. The fourth-order valence-electron chi connectivity index (χ4n) is 3.71. The van der Waals surface area contributed by atoms with E-state index in [0.717, 1.165) is 18.7 Å². The third-order valence-electron chi connectivity index (χ3n) is 4.75. The second kappa shape index (κ2) is 6.12. The Kier molecular flexibility index (Phi) is 4.43. The van der Waals surface area contributed by atoms with E-state index in [1.54, 1.807) is 11.3 Å². The quantitative estimate of drug-likeness (QED) is 0.915. The average molecular weight is 294 g/mol. The number of nitrogens with zero attached hydrogens (tertiary/aromatic N) is 1. The van der Waals surface area contributed by atoms with Gasteiger partial charge in [-0.05, 0) is 39.5 Å². The van der Waals surface area contributed by atoms with Crippen LogP contribution in [0.2, 0.25) is 0 Å². The first-order valence-corrected chi connectivity index (χ1v) is 8.87. The Morgan fingerprint density at radius 1 is 1.40 bits per heavy atom. The van der Waals surface area contributed by atoms with Crippen LogP contribution in [0.25, 0.3) is 0 Å². The lowest BCUT2D eigenvalue weighted by Crippen LogP contribution is -2.48. The van der Waals surface area contributed by atoms with Gasteiger partial charge in [-0.25, -0.2) is 4.98 Å². The molecule has 1 saturated heterocycles. The number of thiazole rings is 1. The monoisotopic (exact) mass is 294 g/mol. The number of hydrogen-bond donors (Lipinski definition) is 1. The van der Waals surface area contributed by atoms with Crippen molar-refractivity contribution in [2.75, 3.05) is 6.61 Å². The first kappa shape index (κ1) is 14.5. The molecule has 3 nitrogen and oxygen atoms in total. The van der Waals surface area contributed by atoms with Crippen molar-refractivity contribution in [2.45, 2.75) is 76.5 Å². The first-order valence-electron chi connectivity index (χ1n) is 7.99. The molecule has 4 heteroatoms. The van der Waals surface area contributed by atoms with Crippen LogP contribution in [-0.2, 0) is 4.74 Å². The summed E-state index contributed by atoms with van der Waals surface area (Å²) in [6.07, 6.45) is 8.91. The molecule has 2 heterocycles. The Morgan fingerprint density at radius 3 is 2.90 bits per heavy atom. The van der Waals surface area contributed by atoms with Crippen molar-refractivity contribution < 1.29 is 4.74 Å². The molecule has 2 atom stereocenters. The molecule has 2 unspecified atom stereocenters. The smallest absolute Gasteiger partial charge is 0.110 e. The summed E-state index contributed by atoms with van der Waals surface area (Å²) < 4.78 is 6.18. The summed E-state index contributed by atoms with van der Waals surface area (Å²) in [6.45, 7) is 5.22. The standard InChI is InChI=1S/C16H26N2OS/c1-12-11-20-15(17-12)13(2)18-14-6-9-19-16(10-14)7-4-3-5-8-16/h11,13-14,18H,3-10H2,1-2H3. The van der Waals surface area contributed by atoms with Crippen molar-refractivity contribution in [1.29, 1.82) is 0 Å². The third kappa shape index (κ3) is 3.23. The van der Waals surface area contributed by atoms with Crippen molar-refractivity contribution in [3.8, 4) is 0 Å². The Morgan fingerprint density at radius 2 is 2.20 bits per heavy atom. The molecule has 0 aromatic carbocycles. The molecule has 1 N–H and O–H groups in total. The molecule has 2 fully saturated rings. The van der Waals surface area contributed by atoms with Crippen LogP contribution in [0.3, 0.4) is 0 Å². The number of hydrogen-bond acceptors (Lipinski definition) is 4. The number of nitrogens with one attached hydrogen (secondary N) is 1. The molecule has 1 aliphatic carbocycles. The highest BCUT2D eigenvalue weighted by atomic mass is 32.1. The molecule has 20 heavy (non-hydrogen) atoms. The highest BCUT2D eigenvalue weighted by molar-refractivity contribution is 7.09. The minimum atomic E-state index is 0.187. The lowest BCUT2D eigenvalue weighted by molar-refractivity contribution is -0.110. The largest absolute Gasteiger partial charge is 0.375 e. The zero-order chi connectivity index (χ0) is 14.0. The van der Waals surface area contributed by atoms with E-state index in [0.29, 0.717) is 12.1 Å². The first-order chi connectivity index (χ1) is 9.67. The van der Waals surface area contributed by atoms with E-state index in [1.807, 2.05) is 0 Å². The molecular formula is C16H26N2OS. The molecule has 0 bridgehead atoms.